The predicted octanol–water partition coefficient (Wildman–Crippen LogP) is 0.622. The SMILES string of the molecule is NC(N)=NC(N)=Nc1ccccc1NC1CCC(O)CC1. The van der Waals surface area contributed by atoms with E-state index in [1.165, 1.54) is 0 Å². The van der Waals surface area contributed by atoms with Crippen molar-refractivity contribution in [2.24, 2.45) is 27.2 Å². The molecule has 0 amide bonds. The zero-order valence-electron chi connectivity index (χ0n) is 11.9. The van der Waals surface area contributed by atoms with Gasteiger partial charge in [-0.3, -0.25) is 0 Å². The second-order valence-electron chi connectivity index (χ2n) is 5.17. The van der Waals surface area contributed by atoms with E-state index in [0.29, 0.717) is 11.7 Å². The van der Waals surface area contributed by atoms with Crippen molar-refractivity contribution < 1.29 is 5.11 Å². The lowest BCUT2D eigenvalue weighted by Crippen LogP contribution is -2.28. The number of aliphatic imine (C=N–C) groups is 2. The number of aliphatic hydroxyl groups is 1. The highest BCUT2D eigenvalue weighted by Gasteiger charge is 2.19. The van der Waals surface area contributed by atoms with E-state index in [2.05, 4.69) is 15.3 Å². The Morgan fingerprint density at radius 2 is 1.76 bits per heavy atom. The van der Waals surface area contributed by atoms with Gasteiger partial charge in [0.25, 0.3) is 0 Å². The summed E-state index contributed by atoms with van der Waals surface area (Å²) in [4.78, 5) is 7.92. The highest BCUT2D eigenvalue weighted by Crippen LogP contribution is 2.28. The van der Waals surface area contributed by atoms with Gasteiger partial charge in [-0.25, -0.2) is 4.99 Å². The number of hydrogen-bond donors (Lipinski definition) is 5. The number of guanidine groups is 2. The number of para-hydroxylation sites is 2. The van der Waals surface area contributed by atoms with Gasteiger partial charge < -0.3 is 27.6 Å². The molecule has 8 N–H and O–H groups in total. The molecule has 114 valence electrons. The van der Waals surface area contributed by atoms with Crippen LogP contribution in [0.3, 0.4) is 0 Å². The fourth-order valence-corrected chi connectivity index (χ4v) is 2.41. The average Bonchev–Trinajstić information content (AvgIpc) is 2.42. The molecule has 2 rings (SSSR count). The monoisotopic (exact) mass is 290 g/mol. The van der Waals surface area contributed by atoms with E-state index >= 15 is 0 Å². The molecule has 0 aliphatic heterocycles. The van der Waals surface area contributed by atoms with E-state index in [1.807, 2.05) is 24.3 Å². The maximum absolute atomic E-state index is 9.55. The molecule has 1 saturated carbocycles. The maximum Gasteiger partial charge on any atom is 0.223 e. The average molecular weight is 290 g/mol. The number of aliphatic hydroxyl groups excluding tert-OH is 1. The van der Waals surface area contributed by atoms with Crippen LogP contribution in [0.2, 0.25) is 0 Å². The molecule has 1 aliphatic rings. The van der Waals surface area contributed by atoms with Gasteiger partial charge in [0.2, 0.25) is 5.96 Å². The van der Waals surface area contributed by atoms with Crippen molar-refractivity contribution in [3.63, 3.8) is 0 Å². The molecule has 0 aromatic heterocycles. The lowest BCUT2D eigenvalue weighted by Gasteiger charge is -2.27. The van der Waals surface area contributed by atoms with Crippen LogP contribution in [0.25, 0.3) is 0 Å². The normalized spacial score (nSPS) is 22.6. The number of nitrogens with two attached hydrogens (primary N) is 3. The van der Waals surface area contributed by atoms with Crippen LogP contribution in [-0.2, 0) is 0 Å². The van der Waals surface area contributed by atoms with E-state index in [-0.39, 0.29) is 18.0 Å². The molecule has 21 heavy (non-hydrogen) atoms. The zero-order valence-corrected chi connectivity index (χ0v) is 11.9. The van der Waals surface area contributed by atoms with Gasteiger partial charge in [0.15, 0.2) is 5.96 Å². The molecule has 0 radical (unpaired) electrons. The van der Waals surface area contributed by atoms with Crippen LogP contribution < -0.4 is 22.5 Å². The van der Waals surface area contributed by atoms with Crippen molar-refractivity contribution in [3.8, 4) is 0 Å². The number of nitrogens with one attached hydrogen (secondary N) is 1. The van der Waals surface area contributed by atoms with Crippen molar-refractivity contribution in [2.75, 3.05) is 5.32 Å². The fraction of sp³-hybridized carbons (Fsp3) is 0.429. The van der Waals surface area contributed by atoms with E-state index < -0.39 is 0 Å². The molecular formula is C14H22N6O. The smallest absolute Gasteiger partial charge is 0.223 e. The summed E-state index contributed by atoms with van der Waals surface area (Å²) in [5, 5.41) is 13.0. The van der Waals surface area contributed by atoms with Gasteiger partial charge in [0.05, 0.1) is 17.5 Å². The first kappa shape index (κ1) is 15.1. The minimum Gasteiger partial charge on any atom is -0.393 e. The molecule has 7 heteroatoms. The number of nitrogens with zero attached hydrogens (tertiary/aromatic N) is 2. The Morgan fingerprint density at radius 3 is 2.43 bits per heavy atom. The second kappa shape index (κ2) is 6.94. The van der Waals surface area contributed by atoms with Crippen molar-refractivity contribution in [2.45, 2.75) is 37.8 Å². The Labute approximate surface area is 123 Å². The Morgan fingerprint density at radius 1 is 1.10 bits per heavy atom. The summed E-state index contributed by atoms with van der Waals surface area (Å²) in [6.07, 6.45) is 3.33. The van der Waals surface area contributed by atoms with Crippen LogP contribution in [0.5, 0.6) is 0 Å². The quantitative estimate of drug-likeness (QED) is 0.411. The summed E-state index contributed by atoms with van der Waals surface area (Å²) < 4.78 is 0. The third kappa shape index (κ3) is 4.64. The van der Waals surface area contributed by atoms with E-state index in [9.17, 15) is 5.11 Å². The summed E-state index contributed by atoms with van der Waals surface area (Å²) in [6, 6.07) is 7.91. The summed E-state index contributed by atoms with van der Waals surface area (Å²) in [5.41, 5.74) is 17.8. The molecular weight excluding hydrogens is 268 g/mol. The van der Waals surface area contributed by atoms with Gasteiger partial charge in [0, 0.05) is 6.04 Å². The van der Waals surface area contributed by atoms with Crippen LogP contribution in [0.1, 0.15) is 25.7 Å². The van der Waals surface area contributed by atoms with Gasteiger partial charge >= 0.3 is 0 Å². The summed E-state index contributed by atoms with van der Waals surface area (Å²) >= 11 is 0. The molecule has 0 unspecified atom stereocenters. The highest BCUT2D eigenvalue weighted by atomic mass is 16.3. The Bertz CT molecular complexity index is 530. The van der Waals surface area contributed by atoms with Gasteiger partial charge in [-0.2, -0.15) is 4.99 Å². The third-order valence-corrected chi connectivity index (χ3v) is 3.44. The number of benzene rings is 1. The molecule has 0 spiro atoms. The first-order valence-corrected chi connectivity index (χ1v) is 7.02. The van der Waals surface area contributed by atoms with Crippen LogP contribution in [0.15, 0.2) is 34.3 Å². The second-order valence-corrected chi connectivity index (χ2v) is 5.17. The molecule has 0 heterocycles. The highest BCUT2D eigenvalue weighted by molar-refractivity contribution is 5.94. The van der Waals surface area contributed by atoms with Crippen LogP contribution in [-0.4, -0.2) is 29.2 Å². The van der Waals surface area contributed by atoms with Gasteiger partial charge in [-0.1, -0.05) is 12.1 Å². The van der Waals surface area contributed by atoms with Crippen molar-refractivity contribution in [1.82, 2.24) is 0 Å². The lowest BCUT2D eigenvalue weighted by molar-refractivity contribution is 0.126. The number of anilines is 1. The lowest BCUT2D eigenvalue weighted by atomic mass is 9.93. The van der Waals surface area contributed by atoms with Crippen LogP contribution >= 0.6 is 0 Å². The molecule has 1 aromatic rings. The Kier molecular flexibility index (Phi) is 4.99. The summed E-state index contributed by atoms with van der Waals surface area (Å²) in [5.74, 6) is -0.105. The first-order chi connectivity index (χ1) is 10.0. The minimum atomic E-state index is -0.172. The molecule has 0 saturated heterocycles. The molecule has 0 bridgehead atoms. The fourth-order valence-electron chi connectivity index (χ4n) is 2.41. The third-order valence-electron chi connectivity index (χ3n) is 3.44. The number of rotatable bonds is 3. The topological polar surface area (TPSA) is 135 Å². The van der Waals surface area contributed by atoms with Gasteiger partial charge in [-0.15, -0.1) is 0 Å². The van der Waals surface area contributed by atoms with Gasteiger partial charge in [0.1, 0.15) is 0 Å². The summed E-state index contributed by atoms with van der Waals surface area (Å²) in [6.45, 7) is 0. The molecule has 0 atom stereocenters. The molecule has 7 nitrogen and oxygen atoms in total. The van der Waals surface area contributed by atoms with Crippen LogP contribution in [0.4, 0.5) is 11.4 Å². The molecule has 1 aromatic carbocycles. The Balaban J connectivity index is 2.12. The maximum atomic E-state index is 9.55. The zero-order chi connectivity index (χ0) is 15.2. The largest absolute Gasteiger partial charge is 0.393 e. The van der Waals surface area contributed by atoms with Crippen molar-refractivity contribution >= 4 is 23.3 Å². The standard InChI is InChI=1S/C14H22N6O/c15-13(16)20-14(17)19-12-4-2-1-3-11(12)18-9-5-7-10(21)8-6-9/h1-4,9-10,18,21H,5-8H2,(H6,15,16,17,19,20). The number of hydrogen-bond acceptors (Lipinski definition) is 3. The first-order valence-electron chi connectivity index (χ1n) is 7.02. The van der Waals surface area contributed by atoms with E-state index in [0.717, 1.165) is 31.4 Å². The van der Waals surface area contributed by atoms with Gasteiger partial charge in [-0.05, 0) is 37.8 Å². The van der Waals surface area contributed by atoms with Crippen molar-refractivity contribution in [3.05, 3.63) is 24.3 Å². The van der Waals surface area contributed by atoms with E-state index in [4.69, 9.17) is 17.2 Å². The van der Waals surface area contributed by atoms with E-state index in [1.54, 1.807) is 0 Å². The predicted molar refractivity (Wildman–Crippen MR) is 85.4 cm³/mol. The van der Waals surface area contributed by atoms with Crippen LogP contribution in [0, 0.1) is 0 Å². The van der Waals surface area contributed by atoms with Crippen molar-refractivity contribution in [1.29, 1.82) is 0 Å². The molecule has 1 aliphatic carbocycles. The molecule has 1 fully saturated rings. The Hall–Kier alpha value is -2.28. The minimum absolute atomic E-state index is 0.0170. The summed E-state index contributed by atoms with van der Waals surface area (Å²) in [7, 11) is 0.